The Morgan fingerprint density at radius 1 is 1.57 bits per heavy atom. The molecule has 0 aromatic rings. The van der Waals surface area contributed by atoms with Crippen LogP contribution in [0.4, 0.5) is 0 Å². The number of dihydropyridines is 1. The highest BCUT2D eigenvalue weighted by molar-refractivity contribution is 6.14. The van der Waals surface area contributed by atoms with Gasteiger partial charge in [-0.25, -0.2) is 4.99 Å². The van der Waals surface area contributed by atoms with Crippen LogP contribution in [0.5, 0.6) is 0 Å². The predicted molar refractivity (Wildman–Crippen MR) is 61.2 cm³/mol. The molecule has 14 heavy (non-hydrogen) atoms. The summed E-state index contributed by atoms with van der Waals surface area (Å²) in [4.78, 5) is 12.3. The topological polar surface area (TPSA) is 49.1 Å². The van der Waals surface area contributed by atoms with Gasteiger partial charge in [-0.15, -0.1) is 0 Å². The Labute approximate surface area is 83.9 Å². The molecule has 0 atom stereocenters. The van der Waals surface area contributed by atoms with Crippen LogP contribution in [0.25, 0.3) is 0 Å². The molecule has 1 N–H and O–H groups in total. The Hall–Kier alpha value is -1.55. The maximum absolute atomic E-state index is 4.30. The lowest BCUT2D eigenvalue weighted by Gasteiger charge is -2.07. The van der Waals surface area contributed by atoms with Gasteiger partial charge in [0.25, 0.3) is 0 Å². The average Bonchev–Trinajstić information content (AvgIpc) is 2.18. The Kier molecular flexibility index (Phi) is 3.94. The second-order valence-electron chi connectivity index (χ2n) is 2.85. The van der Waals surface area contributed by atoms with Crippen molar-refractivity contribution in [3.63, 3.8) is 0 Å². The zero-order chi connectivity index (χ0) is 10.4. The zero-order valence-corrected chi connectivity index (χ0v) is 8.49. The van der Waals surface area contributed by atoms with Gasteiger partial charge in [0.05, 0.1) is 6.67 Å². The van der Waals surface area contributed by atoms with E-state index >= 15 is 0 Å². The van der Waals surface area contributed by atoms with E-state index in [9.17, 15) is 0 Å². The third-order valence-electron chi connectivity index (χ3n) is 1.66. The zero-order valence-electron chi connectivity index (χ0n) is 8.49. The Bertz CT molecular complexity index is 334. The number of amidine groups is 1. The summed E-state index contributed by atoms with van der Waals surface area (Å²) in [6.07, 6.45) is 5.52. The maximum atomic E-state index is 4.30. The van der Waals surface area contributed by atoms with Crippen molar-refractivity contribution in [3.05, 3.63) is 23.9 Å². The monoisotopic (exact) mass is 190 g/mol. The molecular formula is C10H14N4. The summed E-state index contributed by atoms with van der Waals surface area (Å²) in [7, 11) is 1.84. The van der Waals surface area contributed by atoms with E-state index in [1.54, 1.807) is 6.20 Å². The summed E-state index contributed by atoms with van der Waals surface area (Å²) < 4.78 is 0. The molecule has 0 amide bonds. The van der Waals surface area contributed by atoms with E-state index in [4.69, 9.17) is 0 Å². The van der Waals surface area contributed by atoms with Gasteiger partial charge < -0.3 is 5.32 Å². The Balaban J connectivity index is 2.93. The lowest BCUT2D eigenvalue weighted by molar-refractivity contribution is 0.833. The summed E-state index contributed by atoms with van der Waals surface area (Å²) in [5, 5.41) is 2.94. The molecule has 1 heterocycles. The van der Waals surface area contributed by atoms with E-state index in [2.05, 4.69) is 27.0 Å². The normalized spacial score (nSPS) is 21.4. The molecule has 0 saturated heterocycles. The molecule has 1 rings (SSSR count). The highest BCUT2D eigenvalue weighted by Crippen LogP contribution is 2.08. The van der Waals surface area contributed by atoms with Crippen molar-refractivity contribution in [2.45, 2.75) is 6.92 Å². The second-order valence-corrected chi connectivity index (χ2v) is 2.85. The number of hydrogen-bond donors (Lipinski definition) is 1. The third kappa shape index (κ3) is 2.74. The number of nitrogens with zero attached hydrogens (tertiary/aromatic N) is 3. The average molecular weight is 190 g/mol. The van der Waals surface area contributed by atoms with Crippen LogP contribution in [-0.4, -0.2) is 32.0 Å². The molecular weight excluding hydrogens is 176 g/mol. The van der Waals surface area contributed by atoms with Crippen molar-refractivity contribution in [2.24, 2.45) is 15.0 Å². The fraction of sp³-hybridized carbons (Fsp3) is 0.300. The van der Waals surface area contributed by atoms with Crippen LogP contribution >= 0.6 is 0 Å². The van der Waals surface area contributed by atoms with Crippen molar-refractivity contribution in [1.82, 2.24) is 5.32 Å². The lowest BCUT2D eigenvalue weighted by atomic mass is 10.1. The SMILES string of the molecule is C=N/C=C1/C=CC(C)=NC1=NCNC. The van der Waals surface area contributed by atoms with Crippen molar-refractivity contribution >= 4 is 18.3 Å². The maximum Gasteiger partial charge on any atom is 0.157 e. The van der Waals surface area contributed by atoms with Crippen LogP contribution < -0.4 is 5.32 Å². The van der Waals surface area contributed by atoms with Gasteiger partial charge in [-0.3, -0.25) is 9.98 Å². The highest BCUT2D eigenvalue weighted by Gasteiger charge is 2.06. The first-order valence-corrected chi connectivity index (χ1v) is 4.36. The van der Waals surface area contributed by atoms with Gasteiger partial charge in [-0.2, -0.15) is 0 Å². The van der Waals surface area contributed by atoms with Crippen LogP contribution in [0.2, 0.25) is 0 Å². The lowest BCUT2D eigenvalue weighted by Crippen LogP contribution is -2.12. The quantitative estimate of drug-likeness (QED) is 0.667. The molecule has 0 fully saturated rings. The fourth-order valence-electron chi connectivity index (χ4n) is 1.03. The largest absolute Gasteiger partial charge is 0.301 e. The van der Waals surface area contributed by atoms with Crippen LogP contribution in [0.3, 0.4) is 0 Å². The summed E-state index contributed by atoms with van der Waals surface area (Å²) in [6, 6.07) is 0. The number of allylic oxidation sites excluding steroid dienone is 1. The van der Waals surface area contributed by atoms with Crippen LogP contribution in [0, 0.1) is 0 Å². The number of rotatable bonds is 3. The summed E-state index contributed by atoms with van der Waals surface area (Å²) in [5.41, 5.74) is 1.84. The van der Waals surface area contributed by atoms with E-state index in [1.807, 2.05) is 26.1 Å². The molecule has 0 spiro atoms. The predicted octanol–water partition coefficient (Wildman–Crippen LogP) is 1.18. The summed E-state index contributed by atoms with van der Waals surface area (Å²) in [5.74, 6) is 0.701. The first-order chi connectivity index (χ1) is 6.77. The van der Waals surface area contributed by atoms with Crippen LogP contribution in [0.1, 0.15) is 6.92 Å². The van der Waals surface area contributed by atoms with Gasteiger partial charge in [-0.1, -0.05) is 0 Å². The van der Waals surface area contributed by atoms with Crippen molar-refractivity contribution in [1.29, 1.82) is 0 Å². The molecule has 0 aliphatic carbocycles. The summed E-state index contributed by atoms with van der Waals surface area (Å²) >= 11 is 0. The molecule has 0 radical (unpaired) electrons. The standard InChI is InChI=1S/C10H14N4/c1-8-4-5-9(6-11-2)10(14-8)13-7-12-3/h4-6,12H,2,7H2,1,3H3/b9-6-,13-10?. The number of nitrogens with one attached hydrogen (secondary N) is 1. The van der Waals surface area contributed by atoms with Crippen molar-refractivity contribution in [2.75, 3.05) is 13.7 Å². The number of aliphatic imine (C=N–C) groups is 3. The first kappa shape index (κ1) is 10.5. The van der Waals surface area contributed by atoms with E-state index < -0.39 is 0 Å². The second kappa shape index (κ2) is 5.24. The van der Waals surface area contributed by atoms with E-state index in [0.29, 0.717) is 12.5 Å². The van der Waals surface area contributed by atoms with Gasteiger partial charge in [0.1, 0.15) is 0 Å². The Morgan fingerprint density at radius 2 is 2.36 bits per heavy atom. The molecule has 0 aromatic carbocycles. The molecule has 1 aliphatic heterocycles. The van der Waals surface area contributed by atoms with Gasteiger partial charge >= 0.3 is 0 Å². The van der Waals surface area contributed by atoms with Crippen LogP contribution in [-0.2, 0) is 0 Å². The van der Waals surface area contributed by atoms with Crippen molar-refractivity contribution in [3.8, 4) is 0 Å². The summed E-state index contributed by atoms with van der Waals surface area (Å²) in [6.45, 7) is 5.89. The molecule has 0 saturated carbocycles. The molecule has 0 aromatic heterocycles. The van der Waals surface area contributed by atoms with Gasteiger partial charge in [-0.05, 0) is 32.8 Å². The Morgan fingerprint density at radius 3 is 3.00 bits per heavy atom. The first-order valence-electron chi connectivity index (χ1n) is 4.36. The fourth-order valence-corrected chi connectivity index (χ4v) is 1.03. The van der Waals surface area contributed by atoms with E-state index in [1.165, 1.54) is 0 Å². The third-order valence-corrected chi connectivity index (χ3v) is 1.66. The molecule has 4 heteroatoms. The van der Waals surface area contributed by atoms with E-state index in [-0.39, 0.29) is 0 Å². The number of hydrogen-bond acceptors (Lipinski definition) is 3. The molecule has 0 bridgehead atoms. The van der Waals surface area contributed by atoms with Gasteiger partial charge in [0, 0.05) is 17.5 Å². The van der Waals surface area contributed by atoms with Gasteiger partial charge in [0.15, 0.2) is 5.84 Å². The minimum Gasteiger partial charge on any atom is -0.301 e. The molecule has 4 nitrogen and oxygen atoms in total. The molecule has 0 unspecified atom stereocenters. The van der Waals surface area contributed by atoms with E-state index in [0.717, 1.165) is 11.3 Å². The minimum absolute atomic E-state index is 0.550. The smallest absolute Gasteiger partial charge is 0.157 e. The minimum atomic E-state index is 0.550. The molecule has 1 aliphatic rings. The highest BCUT2D eigenvalue weighted by atomic mass is 15.0. The van der Waals surface area contributed by atoms with Crippen molar-refractivity contribution < 1.29 is 0 Å². The van der Waals surface area contributed by atoms with Crippen LogP contribution in [0.15, 0.2) is 38.9 Å². The van der Waals surface area contributed by atoms with Gasteiger partial charge in [0.2, 0.25) is 0 Å². The molecule has 74 valence electrons.